The van der Waals surface area contributed by atoms with Crippen LogP contribution in [0.2, 0.25) is 0 Å². The van der Waals surface area contributed by atoms with Crippen molar-refractivity contribution >= 4 is 17.6 Å². The Balaban J connectivity index is 1.35. The van der Waals surface area contributed by atoms with Crippen LogP contribution in [0.4, 0.5) is 5.82 Å². The monoisotopic (exact) mass is 371 g/mol. The van der Waals surface area contributed by atoms with Gasteiger partial charge in [-0.3, -0.25) is 9.59 Å². The molecule has 0 saturated carbocycles. The number of benzene rings is 1. The van der Waals surface area contributed by atoms with Gasteiger partial charge >= 0.3 is 0 Å². The van der Waals surface area contributed by atoms with Crippen molar-refractivity contribution in [3.8, 4) is 11.5 Å². The Morgan fingerprint density at radius 1 is 1.22 bits per heavy atom. The summed E-state index contributed by atoms with van der Waals surface area (Å²) in [5.74, 6) is 1.60. The summed E-state index contributed by atoms with van der Waals surface area (Å²) in [6.45, 7) is 3.57. The minimum absolute atomic E-state index is 0.0368. The first kappa shape index (κ1) is 17.2. The van der Waals surface area contributed by atoms with Crippen LogP contribution in [-0.4, -0.2) is 57.8 Å². The fraction of sp³-hybridized carbons (Fsp3) is 0.389. The van der Waals surface area contributed by atoms with Crippen molar-refractivity contribution in [1.29, 1.82) is 0 Å². The first-order chi connectivity index (χ1) is 13.0. The summed E-state index contributed by atoms with van der Waals surface area (Å²) in [4.78, 5) is 28.3. The van der Waals surface area contributed by atoms with Gasteiger partial charge in [-0.15, -0.1) is 0 Å². The third-order valence-electron chi connectivity index (χ3n) is 4.70. The van der Waals surface area contributed by atoms with E-state index in [1.165, 1.54) is 4.68 Å². The molecule has 9 nitrogen and oxygen atoms in total. The predicted octanol–water partition coefficient (Wildman–Crippen LogP) is 0.373. The number of rotatable bonds is 4. The molecule has 0 bridgehead atoms. The zero-order valence-electron chi connectivity index (χ0n) is 15.1. The molecule has 9 heteroatoms. The number of hydrogen-bond donors (Lipinski definition) is 1. The van der Waals surface area contributed by atoms with Gasteiger partial charge in [0.05, 0.1) is 12.2 Å². The maximum atomic E-state index is 12.5. The largest absolute Gasteiger partial charge is 0.454 e. The minimum atomic E-state index is -0.166. The number of nitrogen functional groups attached to an aromatic ring is 1. The lowest BCUT2D eigenvalue weighted by atomic mass is 10.1. The van der Waals surface area contributed by atoms with E-state index in [4.69, 9.17) is 15.2 Å². The third kappa shape index (κ3) is 3.53. The molecule has 3 heterocycles. The normalized spacial score (nSPS) is 16.1. The van der Waals surface area contributed by atoms with Gasteiger partial charge in [0.1, 0.15) is 12.4 Å². The Bertz CT molecular complexity index is 894. The van der Waals surface area contributed by atoms with Crippen LogP contribution in [0.5, 0.6) is 11.5 Å². The molecule has 2 amide bonds. The van der Waals surface area contributed by atoms with Gasteiger partial charge in [0.2, 0.25) is 18.6 Å². The van der Waals surface area contributed by atoms with Gasteiger partial charge in [0.15, 0.2) is 11.5 Å². The number of hydrogen-bond acceptors (Lipinski definition) is 6. The summed E-state index contributed by atoms with van der Waals surface area (Å²) >= 11 is 0. The number of piperazine rings is 1. The smallest absolute Gasteiger partial charge is 0.244 e. The summed E-state index contributed by atoms with van der Waals surface area (Å²) < 4.78 is 12.1. The van der Waals surface area contributed by atoms with Crippen molar-refractivity contribution < 1.29 is 19.1 Å². The molecule has 2 N–H and O–H groups in total. The van der Waals surface area contributed by atoms with E-state index in [0.29, 0.717) is 37.0 Å². The molecule has 2 aliphatic rings. The van der Waals surface area contributed by atoms with Crippen molar-refractivity contribution in [1.82, 2.24) is 19.6 Å². The molecule has 0 unspecified atom stereocenters. The van der Waals surface area contributed by atoms with Crippen molar-refractivity contribution in [3.63, 3.8) is 0 Å². The molecule has 27 heavy (non-hydrogen) atoms. The molecule has 142 valence electrons. The van der Waals surface area contributed by atoms with Gasteiger partial charge < -0.3 is 25.0 Å². The Morgan fingerprint density at radius 3 is 2.78 bits per heavy atom. The summed E-state index contributed by atoms with van der Waals surface area (Å²) in [6.07, 6.45) is 0. The van der Waals surface area contributed by atoms with Crippen LogP contribution in [0, 0.1) is 6.92 Å². The lowest BCUT2D eigenvalue weighted by Crippen LogP contribution is -2.52. The quantitative estimate of drug-likeness (QED) is 0.833. The predicted molar refractivity (Wildman–Crippen MR) is 95.9 cm³/mol. The standard InChI is InChI=1S/C18H21N5O4/c1-12-6-16(19)23(20-12)10-18(25)22-5-4-21(17(24)9-22)8-13-2-3-14-15(7-13)27-11-26-14/h2-3,6-7H,4-5,8-11,19H2,1H3. The van der Waals surface area contributed by atoms with E-state index in [9.17, 15) is 9.59 Å². The number of amides is 2. The summed E-state index contributed by atoms with van der Waals surface area (Å²) in [5.41, 5.74) is 7.55. The maximum Gasteiger partial charge on any atom is 0.244 e. The van der Waals surface area contributed by atoms with Crippen LogP contribution in [0.25, 0.3) is 0 Å². The second kappa shape index (κ2) is 6.82. The van der Waals surface area contributed by atoms with Gasteiger partial charge in [-0.2, -0.15) is 5.10 Å². The number of ether oxygens (including phenoxy) is 2. The molecule has 1 aromatic heterocycles. The lowest BCUT2D eigenvalue weighted by Gasteiger charge is -2.34. The Morgan fingerprint density at radius 2 is 2.04 bits per heavy atom. The summed E-state index contributed by atoms with van der Waals surface area (Å²) in [5, 5.41) is 4.19. The van der Waals surface area contributed by atoms with Gasteiger partial charge in [-0.05, 0) is 24.6 Å². The zero-order chi connectivity index (χ0) is 19.0. The first-order valence-electron chi connectivity index (χ1n) is 8.73. The highest BCUT2D eigenvalue weighted by Gasteiger charge is 2.28. The van der Waals surface area contributed by atoms with E-state index in [2.05, 4.69) is 5.10 Å². The number of carbonyl (C=O) groups excluding carboxylic acids is 2. The Kier molecular flexibility index (Phi) is 4.35. The molecule has 1 saturated heterocycles. The molecule has 0 atom stereocenters. The Labute approximate surface area is 156 Å². The molecule has 2 aromatic rings. The highest BCUT2D eigenvalue weighted by Crippen LogP contribution is 2.32. The van der Waals surface area contributed by atoms with Crippen molar-refractivity contribution in [2.45, 2.75) is 20.0 Å². The van der Waals surface area contributed by atoms with Crippen LogP contribution in [-0.2, 0) is 22.7 Å². The van der Waals surface area contributed by atoms with Gasteiger partial charge in [-0.1, -0.05) is 6.07 Å². The second-order valence-electron chi connectivity index (χ2n) is 6.69. The van der Waals surface area contributed by atoms with E-state index < -0.39 is 0 Å². The average molecular weight is 371 g/mol. The van der Waals surface area contributed by atoms with E-state index in [1.54, 1.807) is 15.9 Å². The molecule has 0 radical (unpaired) electrons. The number of aryl methyl sites for hydroxylation is 1. The fourth-order valence-electron chi connectivity index (χ4n) is 3.27. The minimum Gasteiger partial charge on any atom is -0.454 e. The third-order valence-corrected chi connectivity index (χ3v) is 4.70. The van der Waals surface area contributed by atoms with E-state index >= 15 is 0 Å². The highest BCUT2D eigenvalue weighted by molar-refractivity contribution is 5.86. The summed E-state index contributed by atoms with van der Waals surface area (Å²) in [6, 6.07) is 7.36. The number of fused-ring (bicyclic) bond motifs is 1. The summed E-state index contributed by atoms with van der Waals surface area (Å²) in [7, 11) is 0. The molecular formula is C18H21N5O4. The van der Waals surface area contributed by atoms with Crippen LogP contribution in [0.3, 0.4) is 0 Å². The molecular weight excluding hydrogens is 350 g/mol. The fourth-order valence-corrected chi connectivity index (χ4v) is 3.27. The van der Waals surface area contributed by atoms with Crippen LogP contribution in [0.15, 0.2) is 24.3 Å². The zero-order valence-corrected chi connectivity index (χ0v) is 15.1. The SMILES string of the molecule is Cc1cc(N)n(CC(=O)N2CCN(Cc3ccc4c(c3)OCO4)C(=O)C2)n1. The van der Waals surface area contributed by atoms with Gasteiger partial charge in [0, 0.05) is 25.7 Å². The number of anilines is 1. The van der Waals surface area contributed by atoms with Crippen LogP contribution < -0.4 is 15.2 Å². The van der Waals surface area contributed by atoms with Gasteiger partial charge in [0.25, 0.3) is 0 Å². The van der Waals surface area contributed by atoms with Crippen molar-refractivity contribution in [3.05, 3.63) is 35.5 Å². The average Bonchev–Trinajstić information content (AvgIpc) is 3.22. The molecule has 0 aliphatic carbocycles. The van der Waals surface area contributed by atoms with E-state index in [-0.39, 0.29) is 31.7 Å². The highest BCUT2D eigenvalue weighted by atomic mass is 16.7. The first-order valence-corrected chi connectivity index (χ1v) is 8.73. The Hall–Kier alpha value is -3.23. The molecule has 0 spiro atoms. The molecule has 1 aromatic carbocycles. The molecule has 1 fully saturated rings. The van der Waals surface area contributed by atoms with Gasteiger partial charge in [-0.25, -0.2) is 4.68 Å². The molecule has 4 rings (SSSR count). The number of nitrogens with two attached hydrogens (primary N) is 1. The van der Waals surface area contributed by atoms with Crippen LogP contribution >= 0.6 is 0 Å². The number of carbonyl (C=O) groups is 2. The van der Waals surface area contributed by atoms with Crippen molar-refractivity contribution in [2.24, 2.45) is 0 Å². The lowest BCUT2D eigenvalue weighted by molar-refractivity contribution is -0.146. The second-order valence-corrected chi connectivity index (χ2v) is 6.69. The topological polar surface area (TPSA) is 103 Å². The molecule has 2 aliphatic heterocycles. The van der Waals surface area contributed by atoms with E-state index in [1.807, 2.05) is 25.1 Å². The van der Waals surface area contributed by atoms with E-state index in [0.717, 1.165) is 11.3 Å². The van der Waals surface area contributed by atoms with Crippen LogP contribution in [0.1, 0.15) is 11.3 Å². The van der Waals surface area contributed by atoms with Crippen molar-refractivity contribution in [2.75, 3.05) is 32.2 Å². The number of aromatic nitrogens is 2. The maximum absolute atomic E-state index is 12.5. The number of nitrogens with zero attached hydrogens (tertiary/aromatic N) is 4.